The van der Waals surface area contributed by atoms with Crippen LogP contribution < -0.4 is 10.6 Å². The third kappa shape index (κ3) is 5.33. The van der Waals surface area contributed by atoms with Crippen molar-refractivity contribution in [1.29, 1.82) is 0 Å². The van der Waals surface area contributed by atoms with E-state index in [1.54, 1.807) is 0 Å². The summed E-state index contributed by atoms with van der Waals surface area (Å²) < 4.78 is 0. The van der Waals surface area contributed by atoms with Crippen molar-refractivity contribution in [1.82, 2.24) is 5.32 Å². The summed E-state index contributed by atoms with van der Waals surface area (Å²) >= 11 is 0. The smallest absolute Gasteiger partial charge is 0.242 e. The van der Waals surface area contributed by atoms with Crippen LogP contribution in [0.15, 0.2) is 24.3 Å². The summed E-state index contributed by atoms with van der Waals surface area (Å²) in [5.74, 6) is 0.677. The molecule has 0 spiro atoms. The van der Waals surface area contributed by atoms with Gasteiger partial charge < -0.3 is 10.6 Å². The molecule has 0 aliphatic carbocycles. The largest absolute Gasteiger partial charge is 0.374 e. The number of hydrogen-bond acceptors (Lipinski definition) is 2. The number of anilines is 1. The van der Waals surface area contributed by atoms with E-state index < -0.39 is 0 Å². The Bertz CT molecular complexity index is 401. The van der Waals surface area contributed by atoms with Crippen molar-refractivity contribution in [3.05, 3.63) is 29.8 Å². The average molecular weight is 262 g/mol. The van der Waals surface area contributed by atoms with Crippen molar-refractivity contribution in [2.24, 2.45) is 5.92 Å². The Balaban J connectivity index is 2.49. The molecular weight excluding hydrogens is 236 g/mol. The van der Waals surface area contributed by atoms with E-state index in [1.807, 2.05) is 25.1 Å². The molecule has 0 aromatic heterocycles. The van der Waals surface area contributed by atoms with Gasteiger partial charge in [0.05, 0.1) is 0 Å². The summed E-state index contributed by atoms with van der Waals surface area (Å²) in [5.41, 5.74) is 2.29. The molecule has 0 fully saturated rings. The lowest BCUT2D eigenvalue weighted by atomic mass is 10.1. The van der Waals surface area contributed by atoms with Gasteiger partial charge in [-0.2, -0.15) is 0 Å². The van der Waals surface area contributed by atoms with Crippen LogP contribution in [0.5, 0.6) is 0 Å². The molecule has 1 aromatic carbocycles. The third-order valence-electron chi connectivity index (χ3n) is 3.18. The number of carbonyl (C=O) groups is 1. The van der Waals surface area contributed by atoms with Gasteiger partial charge in [0.2, 0.25) is 5.91 Å². The summed E-state index contributed by atoms with van der Waals surface area (Å²) in [6.07, 6.45) is 1.98. The molecule has 1 rings (SSSR count). The predicted octanol–water partition coefficient (Wildman–Crippen LogP) is 3.21. The Labute approximate surface area is 116 Å². The summed E-state index contributed by atoms with van der Waals surface area (Å²) in [6.45, 7) is 9.08. The minimum atomic E-state index is -0.208. The van der Waals surface area contributed by atoms with Crippen molar-refractivity contribution in [2.45, 2.75) is 46.6 Å². The molecule has 1 atom stereocenters. The van der Waals surface area contributed by atoms with Crippen molar-refractivity contribution in [3.63, 3.8) is 0 Å². The fraction of sp³-hybridized carbons (Fsp3) is 0.562. The number of aryl methyl sites for hydroxylation is 1. The van der Waals surface area contributed by atoms with Gasteiger partial charge in [-0.15, -0.1) is 0 Å². The fourth-order valence-electron chi connectivity index (χ4n) is 1.91. The van der Waals surface area contributed by atoms with Crippen molar-refractivity contribution >= 4 is 11.6 Å². The minimum Gasteiger partial charge on any atom is -0.374 e. The molecule has 106 valence electrons. The molecule has 3 nitrogen and oxygen atoms in total. The van der Waals surface area contributed by atoms with E-state index in [0.717, 1.165) is 25.1 Å². The zero-order chi connectivity index (χ0) is 14.3. The number of benzene rings is 1. The highest BCUT2D eigenvalue weighted by Gasteiger charge is 2.13. The second-order valence-electron chi connectivity index (χ2n) is 5.35. The highest BCUT2D eigenvalue weighted by atomic mass is 16.2. The number of nitrogens with one attached hydrogen (secondary N) is 2. The van der Waals surface area contributed by atoms with Crippen LogP contribution in [0.3, 0.4) is 0 Å². The summed E-state index contributed by atoms with van der Waals surface area (Å²) in [4.78, 5) is 12.0. The van der Waals surface area contributed by atoms with E-state index in [0.29, 0.717) is 5.92 Å². The molecule has 0 saturated carbocycles. The van der Waals surface area contributed by atoms with Gasteiger partial charge in [0.15, 0.2) is 0 Å². The maximum absolute atomic E-state index is 12.0. The minimum absolute atomic E-state index is 0.0616. The summed E-state index contributed by atoms with van der Waals surface area (Å²) in [7, 11) is 0. The number of rotatable bonds is 7. The topological polar surface area (TPSA) is 41.1 Å². The van der Waals surface area contributed by atoms with Gasteiger partial charge in [-0.05, 0) is 37.3 Å². The molecule has 0 saturated heterocycles. The average Bonchev–Trinajstić information content (AvgIpc) is 2.38. The second-order valence-corrected chi connectivity index (χ2v) is 5.35. The van der Waals surface area contributed by atoms with Crippen LogP contribution in [0, 0.1) is 5.92 Å². The van der Waals surface area contributed by atoms with Crippen molar-refractivity contribution in [3.8, 4) is 0 Å². The van der Waals surface area contributed by atoms with Gasteiger partial charge in [-0.3, -0.25) is 4.79 Å². The first kappa shape index (κ1) is 15.5. The van der Waals surface area contributed by atoms with E-state index in [-0.39, 0.29) is 11.9 Å². The molecule has 0 aliphatic rings. The maximum atomic E-state index is 12.0. The predicted molar refractivity (Wildman–Crippen MR) is 81.4 cm³/mol. The lowest BCUT2D eigenvalue weighted by Gasteiger charge is -2.17. The SMILES string of the molecule is CCc1ccccc1NC(C)C(=O)NCCC(C)C. The lowest BCUT2D eigenvalue weighted by Crippen LogP contribution is -2.38. The van der Waals surface area contributed by atoms with Gasteiger partial charge in [0.1, 0.15) is 6.04 Å². The Morgan fingerprint density at radius 2 is 1.89 bits per heavy atom. The quantitative estimate of drug-likeness (QED) is 0.792. The van der Waals surface area contributed by atoms with Crippen LogP contribution in [0.2, 0.25) is 0 Å². The lowest BCUT2D eigenvalue weighted by molar-refractivity contribution is -0.121. The highest BCUT2D eigenvalue weighted by molar-refractivity contribution is 5.84. The third-order valence-corrected chi connectivity index (χ3v) is 3.18. The first-order valence-electron chi connectivity index (χ1n) is 7.16. The molecule has 1 aromatic rings. The molecular formula is C16H26N2O. The second kappa shape index (κ2) is 7.82. The molecule has 2 N–H and O–H groups in total. The fourth-order valence-corrected chi connectivity index (χ4v) is 1.91. The van der Waals surface area contributed by atoms with Crippen LogP contribution in [0.4, 0.5) is 5.69 Å². The molecule has 1 unspecified atom stereocenters. The Hall–Kier alpha value is -1.51. The van der Waals surface area contributed by atoms with E-state index in [9.17, 15) is 4.79 Å². The van der Waals surface area contributed by atoms with Gasteiger partial charge in [-0.1, -0.05) is 39.0 Å². The standard InChI is InChI=1S/C16H26N2O/c1-5-14-8-6-7-9-15(14)18-13(4)16(19)17-11-10-12(2)3/h6-9,12-13,18H,5,10-11H2,1-4H3,(H,17,19). The summed E-state index contributed by atoms with van der Waals surface area (Å²) in [5, 5.41) is 6.26. The normalized spacial score (nSPS) is 12.3. The number of amides is 1. The Morgan fingerprint density at radius 3 is 2.53 bits per heavy atom. The Kier molecular flexibility index (Phi) is 6.40. The molecule has 3 heteroatoms. The zero-order valence-electron chi connectivity index (χ0n) is 12.5. The molecule has 0 aliphatic heterocycles. The monoisotopic (exact) mass is 262 g/mol. The number of hydrogen-bond donors (Lipinski definition) is 2. The molecule has 19 heavy (non-hydrogen) atoms. The number of carbonyl (C=O) groups excluding carboxylic acids is 1. The molecule has 0 heterocycles. The van der Waals surface area contributed by atoms with Crippen LogP contribution in [-0.4, -0.2) is 18.5 Å². The molecule has 1 amide bonds. The van der Waals surface area contributed by atoms with Crippen LogP contribution in [0.25, 0.3) is 0 Å². The highest BCUT2D eigenvalue weighted by Crippen LogP contribution is 2.16. The Morgan fingerprint density at radius 1 is 1.21 bits per heavy atom. The van der Waals surface area contributed by atoms with Crippen molar-refractivity contribution in [2.75, 3.05) is 11.9 Å². The first-order chi connectivity index (χ1) is 9.04. The van der Waals surface area contributed by atoms with E-state index in [4.69, 9.17) is 0 Å². The van der Waals surface area contributed by atoms with Crippen LogP contribution >= 0.6 is 0 Å². The van der Waals surface area contributed by atoms with Gasteiger partial charge in [-0.25, -0.2) is 0 Å². The number of para-hydroxylation sites is 1. The van der Waals surface area contributed by atoms with Crippen LogP contribution in [-0.2, 0) is 11.2 Å². The van der Waals surface area contributed by atoms with Gasteiger partial charge >= 0.3 is 0 Å². The molecule has 0 bridgehead atoms. The van der Waals surface area contributed by atoms with Crippen LogP contribution in [0.1, 0.15) is 39.7 Å². The molecule has 0 radical (unpaired) electrons. The maximum Gasteiger partial charge on any atom is 0.242 e. The first-order valence-corrected chi connectivity index (χ1v) is 7.16. The summed E-state index contributed by atoms with van der Waals surface area (Å²) in [6, 6.07) is 7.92. The van der Waals surface area contributed by atoms with Gasteiger partial charge in [0.25, 0.3) is 0 Å². The van der Waals surface area contributed by atoms with E-state index in [2.05, 4.69) is 37.5 Å². The van der Waals surface area contributed by atoms with Crippen molar-refractivity contribution < 1.29 is 4.79 Å². The van der Waals surface area contributed by atoms with E-state index >= 15 is 0 Å². The van der Waals surface area contributed by atoms with E-state index in [1.165, 1.54) is 5.56 Å². The zero-order valence-corrected chi connectivity index (χ0v) is 12.5. The van der Waals surface area contributed by atoms with Gasteiger partial charge in [0, 0.05) is 12.2 Å².